The van der Waals surface area contributed by atoms with Gasteiger partial charge in [-0.3, -0.25) is 9.59 Å². The Labute approximate surface area is 116 Å². The molecule has 0 aromatic heterocycles. The second-order valence-electron chi connectivity index (χ2n) is 5.48. The molecule has 2 saturated heterocycles. The molecule has 3 rings (SSSR count). The number of aliphatic carboxylic acids is 1. The molecule has 5 nitrogen and oxygen atoms in total. The number of ether oxygens (including phenoxy) is 1. The minimum atomic E-state index is -0.942. The Balaban J connectivity index is 1.80. The zero-order valence-electron chi connectivity index (χ0n) is 11.2. The van der Waals surface area contributed by atoms with Crippen molar-refractivity contribution < 1.29 is 19.4 Å². The lowest BCUT2D eigenvalue weighted by atomic mass is 9.78. The van der Waals surface area contributed by atoms with Gasteiger partial charge < -0.3 is 15.2 Å². The first-order valence-corrected chi connectivity index (χ1v) is 6.82. The molecule has 2 bridgehead atoms. The third-order valence-electron chi connectivity index (χ3n) is 4.26. The molecule has 1 amide bonds. The quantitative estimate of drug-likeness (QED) is 0.882. The number of benzene rings is 1. The molecule has 0 radical (unpaired) electrons. The maximum absolute atomic E-state index is 12.4. The minimum absolute atomic E-state index is 0.251. The minimum Gasteiger partial charge on any atom is -0.481 e. The smallest absolute Gasteiger partial charge is 0.310 e. The SMILES string of the molecule is Cc1ccccc1NC(=O)[C@@H]1[C@H](C(=O)O)[C@H]2CC[C@H]1O2. The Morgan fingerprint density at radius 3 is 2.50 bits per heavy atom. The number of para-hydroxylation sites is 1. The molecule has 5 heteroatoms. The standard InChI is InChI=1S/C15H17NO4/c1-8-4-2-3-5-9(8)16-14(17)12-10-6-7-11(20-10)13(12)15(18)19/h2-5,10-13H,6-7H2,1H3,(H,16,17)(H,18,19)/t10-,11-,12+,13-/m1/s1. The maximum Gasteiger partial charge on any atom is 0.310 e. The topological polar surface area (TPSA) is 75.6 Å². The fourth-order valence-electron chi connectivity index (χ4n) is 3.25. The van der Waals surface area contributed by atoms with Crippen molar-refractivity contribution in [2.24, 2.45) is 11.8 Å². The Hall–Kier alpha value is -1.88. The van der Waals surface area contributed by atoms with E-state index in [1.54, 1.807) is 0 Å². The van der Waals surface area contributed by atoms with Gasteiger partial charge in [0, 0.05) is 5.69 Å². The number of carbonyl (C=O) groups is 2. The normalized spacial score (nSPS) is 31.2. The van der Waals surface area contributed by atoms with Gasteiger partial charge in [0.25, 0.3) is 0 Å². The summed E-state index contributed by atoms with van der Waals surface area (Å²) in [4.78, 5) is 23.8. The van der Waals surface area contributed by atoms with Gasteiger partial charge >= 0.3 is 5.97 Å². The Morgan fingerprint density at radius 2 is 1.85 bits per heavy atom. The summed E-state index contributed by atoms with van der Waals surface area (Å²) in [6.07, 6.45) is 0.922. The molecule has 0 saturated carbocycles. The van der Waals surface area contributed by atoms with Gasteiger partial charge in [0.05, 0.1) is 24.0 Å². The predicted molar refractivity (Wildman–Crippen MR) is 72.3 cm³/mol. The third kappa shape index (κ3) is 2.08. The molecule has 1 aromatic carbocycles. The fraction of sp³-hybridized carbons (Fsp3) is 0.467. The van der Waals surface area contributed by atoms with E-state index in [0.717, 1.165) is 24.1 Å². The lowest BCUT2D eigenvalue weighted by Gasteiger charge is -2.24. The number of rotatable bonds is 3. The number of aryl methyl sites for hydroxylation is 1. The van der Waals surface area contributed by atoms with Crippen molar-refractivity contribution >= 4 is 17.6 Å². The first-order chi connectivity index (χ1) is 9.58. The number of hydrogen-bond acceptors (Lipinski definition) is 3. The van der Waals surface area contributed by atoms with Crippen LogP contribution in [0, 0.1) is 18.8 Å². The maximum atomic E-state index is 12.4. The Morgan fingerprint density at radius 1 is 1.20 bits per heavy atom. The van der Waals surface area contributed by atoms with E-state index in [1.165, 1.54) is 0 Å². The summed E-state index contributed by atoms with van der Waals surface area (Å²) in [5, 5.41) is 12.2. The van der Waals surface area contributed by atoms with Crippen molar-refractivity contribution in [3.8, 4) is 0 Å². The Kier molecular flexibility index (Phi) is 3.22. The highest BCUT2D eigenvalue weighted by Gasteiger charge is 2.55. The lowest BCUT2D eigenvalue weighted by molar-refractivity contribution is -0.147. The highest BCUT2D eigenvalue weighted by atomic mass is 16.5. The van der Waals surface area contributed by atoms with Gasteiger partial charge in [-0.15, -0.1) is 0 Å². The van der Waals surface area contributed by atoms with Crippen molar-refractivity contribution in [2.75, 3.05) is 5.32 Å². The van der Waals surface area contributed by atoms with E-state index >= 15 is 0 Å². The summed E-state index contributed by atoms with van der Waals surface area (Å²) in [6.45, 7) is 1.90. The van der Waals surface area contributed by atoms with Crippen LogP contribution in [0.15, 0.2) is 24.3 Å². The van der Waals surface area contributed by atoms with Crippen molar-refractivity contribution in [1.29, 1.82) is 0 Å². The average molecular weight is 275 g/mol. The number of anilines is 1. The molecule has 106 valence electrons. The van der Waals surface area contributed by atoms with Crippen LogP contribution in [0.25, 0.3) is 0 Å². The summed E-state index contributed by atoms with van der Waals surface area (Å²) in [7, 11) is 0. The monoisotopic (exact) mass is 275 g/mol. The summed E-state index contributed by atoms with van der Waals surface area (Å²) in [6, 6.07) is 7.46. The van der Waals surface area contributed by atoms with Gasteiger partial charge in [0.1, 0.15) is 0 Å². The van der Waals surface area contributed by atoms with Crippen LogP contribution in [-0.4, -0.2) is 29.2 Å². The molecule has 0 aliphatic carbocycles. The number of amides is 1. The molecule has 2 fully saturated rings. The van der Waals surface area contributed by atoms with Gasteiger partial charge in [0.2, 0.25) is 5.91 Å². The van der Waals surface area contributed by atoms with Crippen molar-refractivity contribution in [3.63, 3.8) is 0 Å². The summed E-state index contributed by atoms with van der Waals surface area (Å²) < 4.78 is 5.61. The molecule has 1 aromatic rings. The molecule has 4 atom stereocenters. The van der Waals surface area contributed by atoms with Crippen LogP contribution in [0.4, 0.5) is 5.69 Å². The highest BCUT2D eigenvalue weighted by molar-refractivity contribution is 5.96. The second kappa shape index (κ2) is 4.90. The summed E-state index contributed by atoms with van der Waals surface area (Å²) >= 11 is 0. The number of carboxylic acid groups (broad SMARTS) is 1. The van der Waals surface area contributed by atoms with Crippen molar-refractivity contribution in [1.82, 2.24) is 0 Å². The van der Waals surface area contributed by atoms with E-state index in [-0.39, 0.29) is 18.1 Å². The predicted octanol–water partition coefficient (Wildman–Crippen LogP) is 1.81. The largest absolute Gasteiger partial charge is 0.481 e. The average Bonchev–Trinajstić information content (AvgIpc) is 3.01. The van der Waals surface area contributed by atoms with Crippen LogP contribution in [0.2, 0.25) is 0 Å². The van der Waals surface area contributed by atoms with Crippen LogP contribution >= 0.6 is 0 Å². The zero-order valence-corrected chi connectivity index (χ0v) is 11.2. The van der Waals surface area contributed by atoms with Crippen LogP contribution in [-0.2, 0) is 14.3 Å². The lowest BCUT2D eigenvalue weighted by Crippen LogP contribution is -2.41. The van der Waals surface area contributed by atoms with Gasteiger partial charge in [-0.25, -0.2) is 0 Å². The van der Waals surface area contributed by atoms with E-state index < -0.39 is 17.8 Å². The zero-order chi connectivity index (χ0) is 14.3. The molecular weight excluding hydrogens is 258 g/mol. The number of carbonyl (C=O) groups excluding carboxylic acids is 1. The molecule has 2 heterocycles. The van der Waals surface area contributed by atoms with Crippen molar-refractivity contribution in [2.45, 2.75) is 32.0 Å². The number of nitrogens with one attached hydrogen (secondary N) is 1. The summed E-state index contributed by atoms with van der Waals surface area (Å²) in [5.41, 5.74) is 1.68. The third-order valence-corrected chi connectivity index (χ3v) is 4.26. The van der Waals surface area contributed by atoms with Gasteiger partial charge in [-0.1, -0.05) is 18.2 Å². The van der Waals surface area contributed by atoms with Crippen LogP contribution in [0.3, 0.4) is 0 Å². The van der Waals surface area contributed by atoms with Gasteiger partial charge in [0.15, 0.2) is 0 Å². The molecule has 2 aliphatic rings. The van der Waals surface area contributed by atoms with E-state index in [1.807, 2.05) is 31.2 Å². The highest BCUT2D eigenvalue weighted by Crippen LogP contribution is 2.44. The van der Waals surface area contributed by atoms with Crippen LogP contribution < -0.4 is 5.32 Å². The molecule has 2 aliphatic heterocycles. The molecule has 0 unspecified atom stereocenters. The van der Waals surface area contributed by atoms with Crippen molar-refractivity contribution in [3.05, 3.63) is 29.8 Å². The second-order valence-corrected chi connectivity index (χ2v) is 5.48. The van der Waals surface area contributed by atoms with E-state index in [2.05, 4.69) is 5.32 Å². The fourth-order valence-corrected chi connectivity index (χ4v) is 3.25. The van der Waals surface area contributed by atoms with E-state index in [0.29, 0.717) is 0 Å². The van der Waals surface area contributed by atoms with Crippen LogP contribution in [0.1, 0.15) is 18.4 Å². The number of fused-ring (bicyclic) bond motifs is 2. The Bertz CT molecular complexity index is 557. The number of hydrogen-bond donors (Lipinski definition) is 2. The van der Waals surface area contributed by atoms with Crippen LogP contribution in [0.5, 0.6) is 0 Å². The summed E-state index contributed by atoms with van der Waals surface area (Å²) in [5.74, 6) is -2.51. The van der Waals surface area contributed by atoms with E-state index in [4.69, 9.17) is 4.74 Å². The molecule has 2 N–H and O–H groups in total. The molecular formula is C15H17NO4. The first kappa shape index (κ1) is 13.1. The molecule has 20 heavy (non-hydrogen) atoms. The van der Waals surface area contributed by atoms with Gasteiger partial charge in [-0.2, -0.15) is 0 Å². The van der Waals surface area contributed by atoms with E-state index in [9.17, 15) is 14.7 Å². The number of carboxylic acids is 1. The molecule has 0 spiro atoms. The first-order valence-electron chi connectivity index (χ1n) is 6.82. The van der Waals surface area contributed by atoms with Gasteiger partial charge in [-0.05, 0) is 31.4 Å².